The van der Waals surface area contributed by atoms with Crippen LogP contribution in [0.4, 0.5) is 0 Å². The van der Waals surface area contributed by atoms with Crippen molar-refractivity contribution in [2.24, 2.45) is 0 Å². The van der Waals surface area contributed by atoms with E-state index < -0.39 is 14.6 Å². The van der Waals surface area contributed by atoms with Gasteiger partial charge in [-0.3, -0.25) is 0 Å². The zero-order valence-corrected chi connectivity index (χ0v) is 16.5. The summed E-state index contributed by atoms with van der Waals surface area (Å²) < 4.78 is 23.8. The van der Waals surface area contributed by atoms with E-state index in [-0.39, 0.29) is 5.75 Å². The molecule has 0 amide bonds. The standard InChI is InChI=1S/C19H22Cl2O2S/c1-19(2,3)24(22,23)13-16-8-5-14(6-9-16)4-7-15-10-11-17(20)18(21)12-15/h5-6,8-12H,4,7,13H2,1-3H3. The Hall–Kier alpha value is -1.03. The molecule has 0 atom stereocenters. The number of hydrogen-bond acceptors (Lipinski definition) is 2. The van der Waals surface area contributed by atoms with Crippen LogP contribution in [0.1, 0.15) is 37.5 Å². The molecule has 5 heteroatoms. The van der Waals surface area contributed by atoms with Crippen molar-refractivity contribution in [3.63, 3.8) is 0 Å². The van der Waals surface area contributed by atoms with E-state index in [0.29, 0.717) is 10.0 Å². The van der Waals surface area contributed by atoms with Crippen LogP contribution in [0.5, 0.6) is 0 Å². The van der Waals surface area contributed by atoms with Crippen LogP contribution < -0.4 is 0 Å². The van der Waals surface area contributed by atoms with Crippen LogP contribution in [-0.2, 0) is 28.4 Å². The van der Waals surface area contributed by atoms with Gasteiger partial charge in [0.1, 0.15) is 0 Å². The lowest BCUT2D eigenvalue weighted by Gasteiger charge is -2.19. The van der Waals surface area contributed by atoms with Crippen LogP contribution in [0, 0.1) is 0 Å². The van der Waals surface area contributed by atoms with E-state index in [0.717, 1.165) is 29.5 Å². The predicted molar refractivity (Wildman–Crippen MR) is 103 cm³/mol. The fourth-order valence-corrected chi connectivity index (χ4v) is 3.61. The largest absolute Gasteiger partial charge is 0.228 e. The molecule has 2 nitrogen and oxygen atoms in total. The van der Waals surface area contributed by atoms with Crippen molar-refractivity contribution in [2.75, 3.05) is 0 Å². The second-order valence-corrected chi connectivity index (χ2v) is 10.5. The van der Waals surface area contributed by atoms with Gasteiger partial charge >= 0.3 is 0 Å². The molecular formula is C19H22Cl2O2S. The van der Waals surface area contributed by atoms with Gasteiger partial charge in [-0.15, -0.1) is 0 Å². The van der Waals surface area contributed by atoms with E-state index in [2.05, 4.69) is 0 Å². The molecule has 0 aliphatic carbocycles. The summed E-state index contributed by atoms with van der Waals surface area (Å²) in [5.74, 6) is 0.0730. The maximum absolute atomic E-state index is 12.3. The third-order valence-electron chi connectivity index (χ3n) is 4.00. The Bertz CT molecular complexity index is 804. The van der Waals surface area contributed by atoms with E-state index in [1.807, 2.05) is 36.4 Å². The van der Waals surface area contributed by atoms with Gasteiger partial charge in [0, 0.05) is 0 Å². The van der Waals surface area contributed by atoms with Gasteiger partial charge in [0.15, 0.2) is 9.84 Å². The van der Waals surface area contributed by atoms with Crippen LogP contribution in [0.15, 0.2) is 42.5 Å². The molecule has 2 aromatic carbocycles. The first kappa shape index (κ1) is 19.3. The molecule has 130 valence electrons. The number of sulfone groups is 1. The minimum absolute atomic E-state index is 0.0730. The van der Waals surface area contributed by atoms with Crippen LogP contribution in [0.2, 0.25) is 10.0 Å². The number of aryl methyl sites for hydroxylation is 2. The highest BCUT2D eigenvalue weighted by atomic mass is 35.5. The van der Waals surface area contributed by atoms with Crippen LogP contribution in [0.3, 0.4) is 0 Å². The fourth-order valence-electron chi connectivity index (χ4n) is 2.22. The third-order valence-corrected chi connectivity index (χ3v) is 7.32. The van der Waals surface area contributed by atoms with Gasteiger partial charge in [-0.05, 0) is 62.4 Å². The maximum Gasteiger partial charge on any atom is 0.159 e. The van der Waals surface area contributed by atoms with Crippen molar-refractivity contribution < 1.29 is 8.42 Å². The Kier molecular flexibility index (Phi) is 6.00. The summed E-state index contributed by atoms with van der Waals surface area (Å²) in [5.41, 5.74) is 3.12. The smallest absolute Gasteiger partial charge is 0.159 e. The molecule has 0 heterocycles. The van der Waals surface area contributed by atoms with Crippen molar-refractivity contribution in [3.8, 4) is 0 Å². The summed E-state index contributed by atoms with van der Waals surface area (Å²) >= 11 is 11.9. The van der Waals surface area contributed by atoms with Crippen molar-refractivity contribution >= 4 is 33.0 Å². The fraction of sp³-hybridized carbons (Fsp3) is 0.368. The minimum Gasteiger partial charge on any atom is -0.228 e. The van der Waals surface area contributed by atoms with E-state index >= 15 is 0 Å². The Labute approximate surface area is 154 Å². The van der Waals surface area contributed by atoms with Gasteiger partial charge in [-0.25, -0.2) is 8.42 Å². The highest BCUT2D eigenvalue weighted by Crippen LogP contribution is 2.24. The average molecular weight is 385 g/mol. The quantitative estimate of drug-likeness (QED) is 0.682. The van der Waals surface area contributed by atoms with Gasteiger partial charge in [-0.1, -0.05) is 53.5 Å². The van der Waals surface area contributed by atoms with Gasteiger partial charge in [0.2, 0.25) is 0 Å². The Morgan fingerprint density at radius 3 is 1.83 bits per heavy atom. The summed E-state index contributed by atoms with van der Waals surface area (Å²) in [7, 11) is -3.15. The summed E-state index contributed by atoms with van der Waals surface area (Å²) in [6.07, 6.45) is 1.72. The van der Waals surface area contributed by atoms with E-state index in [9.17, 15) is 8.42 Å². The lowest BCUT2D eigenvalue weighted by molar-refractivity contribution is 0.559. The van der Waals surface area contributed by atoms with Crippen LogP contribution >= 0.6 is 23.2 Å². The molecule has 0 spiro atoms. The molecule has 24 heavy (non-hydrogen) atoms. The monoisotopic (exact) mass is 384 g/mol. The molecule has 0 aromatic heterocycles. The van der Waals surface area contributed by atoms with Gasteiger partial charge in [0.25, 0.3) is 0 Å². The van der Waals surface area contributed by atoms with Gasteiger partial charge < -0.3 is 0 Å². The highest BCUT2D eigenvalue weighted by Gasteiger charge is 2.28. The number of hydrogen-bond donors (Lipinski definition) is 0. The zero-order chi connectivity index (χ0) is 18.0. The van der Waals surface area contributed by atoms with Crippen molar-refractivity contribution in [1.82, 2.24) is 0 Å². The van der Waals surface area contributed by atoms with Gasteiger partial charge in [-0.2, -0.15) is 0 Å². The molecule has 2 aromatic rings. The lowest BCUT2D eigenvalue weighted by Crippen LogP contribution is -2.29. The van der Waals surface area contributed by atoms with Crippen molar-refractivity contribution in [1.29, 1.82) is 0 Å². The molecule has 0 aliphatic heterocycles. The first-order valence-corrected chi connectivity index (χ1v) is 10.2. The highest BCUT2D eigenvalue weighted by molar-refractivity contribution is 7.91. The Morgan fingerprint density at radius 2 is 1.29 bits per heavy atom. The van der Waals surface area contributed by atoms with Crippen LogP contribution in [0.25, 0.3) is 0 Å². The first-order chi connectivity index (χ1) is 11.1. The lowest BCUT2D eigenvalue weighted by atomic mass is 10.0. The molecule has 0 saturated heterocycles. The summed E-state index contributed by atoms with van der Waals surface area (Å²) in [6.45, 7) is 5.19. The van der Waals surface area contributed by atoms with Gasteiger partial charge in [0.05, 0.1) is 20.5 Å². The van der Waals surface area contributed by atoms with E-state index in [4.69, 9.17) is 23.2 Å². The normalized spacial score (nSPS) is 12.4. The molecule has 2 rings (SSSR count). The minimum atomic E-state index is -3.15. The summed E-state index contributed by atoms with van der Waals surface area (Å²) in [5, 5.41) is 1.13. The topological polar surface area (TPSA) is 34.1 Å². The maximum atomic E-state index is 12.3. The second kappa shape index (κ2) is 7.47. The number of halogens is 2. The third kappa shape index (κ3) is 4.98. The van der Waals surface area contributed by atoms with Crippen LogP contribution in [-0.4, -0.2) is 13.2 Å². The predicted octanol–water partition coefficient (Wildman–Crippen LogP) is 5.49. The summed E-state index contributed by atoms with van der Waals surface area (Å²) in [6, 6.07) is 13.4. The zero-order valence-electron chi connectivity index (χ0n) is 14.1. The van der Waals surface area contributed by atoms with Crippen molar-refractivity contribution in [3.05, 3.63) is 69.2 Å². The Balaban J connectivity index is 2.01. The van der Waals surface area contributed by atoms with Crippen molar-refractivity contribution in [2.45, 2.75) is 44.1 Å². The number of benzene rings is 2. The molecular weight excluding hydrogens is 363 g/mol. The SMILES string of the molecule is CC(C)(C)S(=O)(=O)Cc1ccc(CCc2ccc(Cl)c(Cl)c2)cc1. The molecule has 0 N–H and O–H groups in total. The average Bonchev–Trinajstić information content (AvgIpc) is 2.48. The molecule has 0 saturated carbocycles. The molecule has 0 aliphatic rings. The molecule has 0 fully saturated rings. The van der Waals surface area contributed by atoms with E-state index in [1.54, 1.807) is 26.8 Å². The Morgan fingerprint density at radius 1 is 0.792 bits per heavy atom. The summed E-state index contributed by atoms with van der Waals surface area (Å²) in [4.78, 5) is 0. The molecule has 0 bridgehead atoms. The first-order valence-electron chi connectivity index (χ1n) is 7.82. The molecule has 0 unspecified atom stereocenters. The number of rotatable bonds is 5. The second-order valence-electron chi connectivity index (χ2n) is 6.94. The van der Waals surface area contributed by atoms with E-state index in [1.165, 1.54) is 0 Å². The molecule has 0 radical (unpaired) electrons.